The third-order valence-electron chi connectivity index (χ3n) is 3.42. The monoisotopic (exact) mass is 255 g/mol. The first-order chi connectivity index (χ1) is 9.04. The molecule has 2 heteroatoms. The van der Waals surface area contributed by atoms with Gasteiger partial charge < -0.3 is 9.64 Å². The number of hydrogen-bond acceptors (Lipinski definition) is 2. The first kappa shape index (κ1) is 13.5. The number of benzene rings is 2. The highest BCUT2D eigenvalue weighted by Gasteiger charge is 2.11. The van der Waals surface area contributed by atoms with E-state index in [1.807, 2.05) is 6.07 Å². The summed E-state index contributed by atoms with van der Waals surface area (Å²) in [6.45, 7) is 4.23. The molecule has 0 bridgehead atoms. The molecular weight excluding hydrogens is 234 g/mol. The van der Waals surface area contributed by atoms with E-state index in [2.05, 4.69) is 63.2 Å². The van der Waals surface area contributed by atoms with Gasteiger partial charge in [0.25, 0.3) is 0 Å². The van der Waals surface area contributed by atoms with Gasteiger partial charge in [-0.1, -0.05) is 18.2 Å². The second-order valence-electron chi connectivity index (χ2n) is 5.05. The lowest BCUT2D eigenvalue weighted by molar-refractivity contribution is 0.412. The normalized spacial score (nSPS) is 10.4. The minimum Gasteiger partial charge on any atom is -0.496 e. The third kappa shape index (κ3) is 2.58. The fourth-order valence-corrected chi connectivity index (χ4v) is 2.43. The fourth-order valence-electron chi connectivity index (χ4n) is 2.43. The van der Waals surface area contributed by atoms with Gasteiger partial charge in [0, 0.05) is 25.3 Å². The van der Waals surface area contributed by atoms with Gasteiger partial charge in [0.05, 0.1) is 7.11 Å². The van der Waals surface area contributed by atoms with Gasteiger partial charge in [-0.05, 0) is 48.7 Å². The van der Waals surface area contributed by atoms with E-state index in [1.165, 1.54) is 22.4 Å². The molecule has 0 fully saturated rings. The lowest BCUT2D eigenvalue weighted by atomic mass is 9.96. The van der Waals surface area contributed by atoms with Crippen LogP contribution in [0.1, 0.15) is 11.1 Å². The molecule has 0 atom stereocenters. The van der Waals surface area contributed by atoms with Gasteiger partial charge in [0.1, 0.15) is 5.75 Å². The van der Waals surface area contributed by atoms with Crippen molar-refractivity contribution in [1.29, 1.82) is 0 Å². The van der Waals surface area contributed by atoms with Gasteiger partial charge >= 0.3 is 0 Å². The molecule has 0 saturated heterocycles. The standard InChI is InChI=1S/C17H21NO/c1-12-7-6-8-15(18(3)4)17(12)14-9-10-16(19-5)13(2)11-14/h6-11H,1-5H3. The van der Waals surface area contributed by atoms with E-state index in [-0.39, 0.29) is 0 Å². The van der Waals surface area contributed by atoms with Crippen LogP contribution in [0.5, 0.6) is 5.75 Å². The SMILES string of the molecule is COc1ccc(-c2c(C)cccc2N(C)C)cc1C. The first-order valence-corrected chi connectivity index (χ1v) is 6.46. The summed E-state index contributed by atoms with van der Waals surface area (Å²) >= 11 is 0. The van der Waals surface area contributed by atoms with E-state index in [0.717, 1.165) is 11.3 Å². The van der Waals surface area contributed by atoms with E-state index >= 15 is 0 Å². The lowest BCUT2D eigenvalue weighted by Crippen LogP contribution is -2.10. The molecule has 0 N–H and O–H groups in total. The highest BCUT2D eigenvalue weighted by molar-refractivity contribution is 5.81. The topological polar surface area (TPSA) is 12.5 Å². The van der Waals surface area contributed by atoms with Gasteiger partial charge in [0.2, 0.25) is 0 Å². The van der Waals surface area contributed by atoms with Crippen molar-refractivity contribution in [3.63, 3.8) is 0 Å². The number of anilines is 1. The Balaban J connectivity index is 2.61. The van der Waals surface area contributed by atoms with Gasteiger partial charge in [0.15, 0.2) is 0 Å². The molecule has 2 aromatic carbocycles. The van der Waals surface area contributed by atoms with E-state index in [1.54, 1.807) is 7.11 Å². The Hall–Kier alpha value is -1.96. The summed E-state index contributed by atoms with van der Waals surface area (Å²) in [5, 5.41) is 0. The zero-order chi connectivity index (χ0) is 14.0. The maximum Gasteiger partial charge on any atom is 0.121 e. The Morgan fingerprint density at radius 2 is 1.68 bits per heavy atom. The van der Waals surface area contributed by atoms with Crippen molar-refractivity contribution < 1.29 is 4.74 Å². The lowest BCUT2D eigenvalue weighted by Gasteiger charge is -2.20. The van der Waals surface area contributed by atoms with Crippen molar-refractivity contribution in [2.24, 2.45) is 0 Å². The smallest absolute Gasteiger partial charge is 0.121 e. The summed E-state index contributed by atoms with van der Waals surface area (Å²) in [4.78, 5) is 2.15. The van der Waals surface area contributed by atoms with Crippen molar-refractivity contribution in [2.45, 2.75) is 13.8 Å². The van der Waals surface area contributed by atoms with Crippen molar-refractivity contribution in [2.75, 3.05) is 26.1 Å². The summed E-state index contributed by atoms with van der Waals surface area (Å²) in [7, 11) is 5.87. The molecule has 100 valence electrons. The predicted molar refractivity (Wildman–Crippen MR) is 82.2 cm³/mol. The summed E-state index contributed by atoms with van der Waals surface area (Å²) in [5.41, 5.74) is 6.21. The van der Waals surface area contributed by atoms with Crippen LogP contribution in [0, 0.1) is 13.8 Å². The number of nitrogens with zero attached hydrogens (tertiary/aromatic N) is 1. The van der Waals surface area contributed by atoms with E-state index in [4.69, 9.17) is 4.74 Å². The maximum atomic E-state index is 5.33. The van der Waals surface area contributed by atoms with Crippen LogP contribution in [0.2, 0.25) is 0 Å². The number of aryl methyl sites for hydroxylation is 2. The van der Waals surface area contributed by atoms with Crippen LogP contribution in [-0.4, -0.2) is 21.2 Å². The Kier molecular flexibility index (Phi) is 3.79. The van der Waals surface area contributed by atoms with Crippen molar-refractivity contribution in [3.05, 3.63) is 47.5 Å². The quantitative estimate of drug-likeness (QED) is 0.820. The zero-order valence-electron chi connectivity index (χ0n) is 12.3. The highest BCUT2D eigenvalue weighted by atomic mass is 16.5. The second kappa shape index (κ2) is 5.35. The molecule has 0 aliphatic carbocycles. The Morgan fingerprint density at radius 3 is 2.26 bits per heavy atom. The Bertz CT molecular complexity index is 588. The molecule has 0 amide bonds. The molecule has 2 aromatic rings. The maximum absolute atomic E-state index is 5.33. The van der Waals surface area contributed by atoms with Crippen LogP contribution in [0.4, 0.5) is 5.69 Å². The molecule has 19 heavy (non-hydrogen) atoms. The number of rotatable bonds is 3. The molecule has 0 spiro atoms. The predicted octanol–water partition coefficient (Wildman–Crippen LogP) is 4.05. The van der Waals surface area contributed by atoms with Crippen LogP contribution in [0.3, 0.4) is 0 Å². The molecule has 2 rings (SSSR count). The second-order valence-corrected chi connectivity index (χ2v) is 5.05. The Labute approximate surface area is 115 Å². The summed E-state index contributed by atoms with van der Waals surface area (Å²) in [6, 6.07) is 12.8. The van der Waals surface area contributed by atoms with Crippen LogP contribution in [0.25, 0.3) is 11.1 Å². The van der Waals surface area contributed by atoms with E-state index in [9.17, 15) is 0 Å². The zero-order valence-corrected chi connectivity index (χ0v) is 12.3. The molecule has 0 heterocycles. The van der Waals surface area contributed by atoms with Gasteiger partial charge in [-0.3, -0.25) is 0 Å². The largest absolute Gasteiger partial charge is 0.496 e. The molecular formula is C17H21NO. The minimum atomic E-state index is 0.934. The first-order valence-electron chi connectivity index (χ1n) is 6.46. The van der Waals surface area contributed by atoms with Crippen LogP contribution in [0.15, 0.2) is 36.4 Å². The molecule has 0 aliphatic heterocycles. The summed E-state index contributed by atoms with van der Waals surface area (Å²) in [5.74, 6) is 0.934. The molecule has 0 saturated carbocycles. The van der Waals surface area contributed by atoms with Crippen LogP contribution < -0.4 is 9.64 Å². The summed E-state index contributed by atoms with van der Waals surface area (Å²) < 4.78 is 5.33. The average molecular weight is 255 g/mol. The number of methoxy groups -OCH3 is 1. The van der Waals surface area contributed by atoms with E-state index in [0.29, 0.717) is 0 Å². The average Bonchev–Trinajstić information content (AvgIpc) is 2.38. The van der Waals surface area contributed by atoms with Gasteiger partial charge in [-0.15, -0.1) is 0 Å². The van der Waals surface area contributed by atoms with Crippen molar-refractivity contribution >= 4 is 5.69 Å². The van der Waals surface area contributed by atoms with Gasteiger partial charge in [-0.2, -0.15) is 0 Å². The number of hydrogen-bond donors (Lipinski definition) is 0. The van der Waals surface area contributed by atoms with Crippen molar-refractivity contribution in [1.82, 2.24) is 0 Å². The molecule has 0 unspecified atom stereocenters. The van der Waals surface area contributed by atoms with Crippen molar-refractivity contribution in [3.8, 4) is 16.9 Å². The fraction of sp³-hybridized carbons (Fsp3) is 0.294. The Morgan fingerprint density at radius 1 is 0.947 bits per heavy atom. The van der Waals surface area contributed by atoms with Crippen LogP contribution in [-0.2, 0) is 0 Å². The molecule has 0 radical (unpaired) electrons. The number of ether oxygens (including phenoxy) is 1. The van der Waals surface area contributed by atoms with Gasteiger partial charge in [-0.25, -0.2) is 0 Å². The molecule has 0 aliphatic rings. The van der Waals surface area contributed by atoms with Crippen LogP contribution >= 0.6 is 0 Å². The molecule has 2 nitrogen and oxygen atoms in total. The highest BCUT2D eigenvalue weighted by Crippen LogP contribution is 2.35. The summed E-state index contributed by atoms with van der Waals surface area (Å²) in [6.07, 6.45) is 0. The molecule has 0 aromatic heterocycles. The third-order valence-corrected chi connectivity index (χ3v) is 3.42. The minimum absolute atomic E-state index is 0.934. The van der Waals surface area contributed by atoms with E-state index < -0.39 is 0 Å².